The van der Waals surface area contributed by atoms with Gasteiger partial charge in [-0.3, -0.25) is 28.3 Å². The first-order chi connectivity index (χ1) is 25.6. The van der Waals surface area contributed by atoms with E-state index in [2.05, 4.69) is 41.7 Å². The fraction of sp³-hybridized carbons (Fsp3) is 0.176. The van der Waals surface area contributed by atoms with Crippen LogP contribution in [0.2, 0.25) is 0 Å². The van der Waals surface area contributed by atoms with E-state index in [9.17, 15) is 36.0 Å². The van der Waals surface area contributed by atoms with Crippen LogP contribution in [0.1, 0.15) is 41.4 Å². The Labute approximate surface area is 309 Å². The van der Waals surface area contributed by atoms with Crippen molar-refractivity contribution in [3.8, 4) is 0 Å². The lowest BCUT2D eigenvalue weighted by molar-refractivity contribution is 0.0927. The van der Waals surface area contributed by atoms with Crippen LogP contribution in [0.25, 0.3) is 0 Å². The molecule has 0 saturated carbocycles. The van der Waals surface area contributed by atoms with Gasteiger partial charge in [-0.25, -0.2) is 0 Å². The summed E-state index contributed by atoms with van der Waals surface area (Å²) in [5.41, 5.74) is 3.09. The normalized spacial score (nSPS) is 11.7. The molecule has 18 nitrogen and oxygen atoms in total. The summed E-state index contributed by atoms with van der Waals surface area (Å²) in [4.78, 5) is 49.3. The lowest BCUT2D eigenvalue weighted by atomic mass is 10.2. The van der Waals surface area contributed by atoms with Crippen LogP contribution in [0.5, 0.6) is 0 Å². The summed E-state index contributed by atoms with van der Waals surface area (Å²) in [6.45, 7) is -0.145. The lowest BCUT2D eigenvalue weighted by Crippen LogP contribution is -2.34. The molecule has 0 heterocycles. The summed E-state index contributed by atoms with van der Waals surface area (Å²) < 4.78 is 60.5. The number of amides is 4. The van der Waals surface area contributed by atoms with E-state index in [1.807, 2.05) is 0 Å². The number of rotatable bonds is 17. The van der Waals surface area contributed by atoms with Crippen molar-refractivity contribution in [2.45, 2.75) is 0 Å². The smallest absolute Gasteiger partial charge is 0.266 e. The molecule has 0 fully saturated rings. The zero-order valence-corrected chi connectivity index (χ0v) is 29.9. The zero-order valence-electron chi connectivity index (χ0n) is 28.2. The van der Waals surface area contributed by atoms with Crippen LogP contribution in [0.15, 0.2) is 118 Å². The number of nitrogens with one attached hydrogen (secondary N) is 4. The summed E-state index contributed by atoms with van der Waals surface area (Å²) in [5, 5.41) is 26.6. The lowest BCUT2D eigenvalue weighted by Gasteiger charge is -2.08. The molecule has 0 atom stereocenters. The molecule has 4 amide bonds. The van der Waals surface area contributed by atoms with Crippen LogP contribution >= 0.6 is 0 Å². The summed E-state index contributed by atoms with van der Waals surface area (Å²) in [5.74, 6) is -2.94. The highest BCUT2D eigenvalue weighted by atomic mass is 32.2. The minimum absolute atomic E-state index is 0.165. The minimum atomic E-state index is -4.18. The van der Waals surface area contributed by atoms with Gasteiger partial charge in [-0.15, -0.1) is 0 Å². The average molecular weight is 779 g/mol. The Kier molecular flexibility index (Phi) is 14.3. The summed E-state index contributed by atoms with van der Waals surface area (Å²) >= 11 is 0. The van der Waals surface area contributed by atoms with Crippen molar-refractivity contribution >= 4 is 66.6 Å². The van der Waals surface area contributed by atoms with E-state index in [4.69, 9.17) is 9.11 Å². The molecule has 6 N–H and O–H groups in total. The summed E-state index contributed by atoms with van der Waals surface area (Å²) in [6.07, 6.45) is 0. The van der Waals surface area contributed by atoms with Crippen molar-refractivity contribution < 1.29 is 45.1 Å². The van der Waals surface area contributed by atoms with Crippen LogP contribution in [0, 0.1) is 0 Å². The molecule has 0 spiro atoms. The van der Waals surface area contributed by atoms with E-state index >= 15 is 0 Å². The number of carbonyl (C=O) groups is 4. The molecular formula is C34H34N8O10S2. The second-order valence-corrected chi connectivity index (χ2v) is 14.3. The third-order valence-electron chi connectivity index (χ3n) is 7.07. The Bertz CT molecular complexity index is 2070. The van der Waals surface area contributed by atoms with Crippen molar-refractivity contribution in [2.24, 2.45) is 20.5 Å². The third kappa shape index (κ3) is 14.1. The standard InChI is InChI=1S/C34H34N8O10S2/c43-31(23-1-9-27(10-2-23)39-41-29-13-5-25(6-14-29)33(45)37-19-21-53(47,48)49)35-17-18-36-32(44)24-3-11-28(12-4-24)40-42-30-15-7-26(8-16-30)34(46)38-20-22-54(50,51)52/h1-16H,17-22H2,(H,35,43)(H,36,44)(H,37,45)(H,38,46)(H,47,48,49)(H,50,51,52). The SMILES string of the molecule is O=C(NCCNC(=O)c1ccc(N=Nc2ccc(C(=O)NCCS(=O)(=O)O)cc2)cc1)c1ccc(N=Nc2ccc(C(=O)NCCS(=O)(=O)O)cc2)cc1. The highest BCUT2D eigenvalue weighted by molar-refractivity contribution is 7.86. The van der Waals surface area contributed by atoms with Gasteiger partial charge in [0.15, 0.2) is 0 Å². The van der Waals surface area contributed by atoms with Gasteiger partial charge >= 0.3 is 0 Å². The molecule has 0 saturated heterocycles. The molecule has 0 aliphatic heterocycles. The number of hydrogen-bond donors (Lipinski definition) is 6. The zero-order chi connectivity index (χ0) is 39.1. The van der Waals surface area contributed by atoms with Gasteiger partial charge < -0.3 is 21.3 Å². The average Bonchev–Trinajstić information content (AvgIpc) is 3.14. The Hall–Kier alpha value is -6.22. The fourth-order valence-corrected chi connectivity index (χ4v) is 5.02. The van der Waals surface area contributed by atoms with Gasteiger partial charge in [0.2, 0.25) is 0 Å². The first-order valence-electron chi connectivity index (χ1n) is 15.9. The molecule has 0 unspecified atom stereocenters. The highest BCUT2D eigenvalue weighted by Gasteiger charge is 2.11. The maximum atomic E-state index is 12.6. The maximum Gasteiger partial charge on any atom is 0.266 e. The number of carbonyl (C=O) groups excluding carboxylic acids is 4. The largest absolute Gasteiger partial charge is 0.351 e. The van der Waals surface area contributed by atoms with Crippen molar-refractivity contribution in [3.63, 3.8) is 0 Å². The monoisotopic (exact) mass is 778 g/mol. The van der Waals surface area contributed by atoms with E-state index in [0.29, 0.717) is 33.9 Å². The Morgan fingerprint density at radius 2 is 0.593 bits per heavy atom. The third-order valence-corrected chi connectivity index (χ3v) is 8.51. The van der Waals surface area contributed by atoms with Crippen LogP contribution in [0.4, 0.5) is 22.7 Å². The fourth-order valence-electron chi connectivity index (χ4n) is 4.30. The summed E-state index contributed by atoms with van der Waals surface area (Å²) in [6, 6.07) is 24.8. The second kappa shape index (κ2) is 19.0. The van der Waals surface area contributed by atoms with Gasteiger partial charge in [-0.1, -0.05) is 0 Å². The van der Waals surface area contributed by atoms with Gasteiger partial charge in [0.1, 0.15) is 0 Å². The molecule has 4 aromatic rings. The predicted molar refractivity (Wildman–Crippen MR) is 196 cm³/mol. The van der Waals surface area contributed by atoms with Gasteiger partial charge in [0.05, 0.1) is 34.3 Å². The molecule has 0 aromatic heterocycles. The Balaban J connectivity index is 1.16. The predicted octanol–water partition coefficient (Wildman–Crippen LogP) is 3.91. The van der Waals surface area contributed by atoms with Crippen LogP contribution in [-0.2, 0) is 20.2 Å². The first kappa shape index (κ1) is 40.5. The van der Waals surface area contributed by atoms with Gasteiger partial charge in [-0.2, -0.15) is 37.3 Å². The molecule has 0 aliphatic rings. The van der Waals surface area contributed by atoms with E-state index in [0.717, 1.165) is 0 Å². The molecule has 0 bridgehead atoms. The van der Waals surface area contributed by atoms with Gasteiger partial charge in [-0.05, 0) is 97.1 Å². The topological polar surface area (TPSA) is 275 Å². The van der Waals surface area contributed by atoms with Crippen molar-refractivity contribution in [1.82, 2.24) is 21.3 Å². The maximum absolute atomic E-state index is 12.6. The Morgan fingerprint density at radius 1 is 0.389 bits per heavy atom. The van der Waals surface area contributed by atoms with E-state index in [1.165, 1.54) is 24.3 Å². The van der Waals surface area contributed by atoms with Crippen molar-refractivity contribution in [3.05, 3.63) is 119 Å². The molecule has 0 aliphatic carbocycles. The molecule has 0 radical (unpaired) electrons. The quantitative estimate of drug-likeness (QED) is 0.0511. The van der Waals surface area contributed by atoms with Crippen LogP contribution in [-0.4, -0.2) is 87.3 Å². The first-order valence-corrected chi connectivity index (χ1v) is 19.1. The van der Waals surface area contributed by atoms with E-state index in [-0.39, 0.29) is 49.1 Å². The molecule has 4 rings (SSSR count). The number of hydrogen-bond acceptors (Lipinski definition) is 12. The number of nitrogens with zero attached hydrogens (tertiary/aromatic N) is 4. The molecule has 282 valence electrons. The van der Waals surface area contributed by atoms with E-state index in [1.54, 1.807) is 72.8 Å². The van der Waals surface area contributed by atoms with E-state index < -0.39 is 43.6 Å². The number of azo groups is 2. The van der Waals surface area contributed by atoms with Crippen molar-refractivity contribution in [1.29, 1.82) is 0 Å². The number of benzene rings is 4. The minimum Gasteiger partial charge on any atom is -0.351 e. The second-order valence-electron chi connectivity index (χ2n) is 11.2. The van der Waals surface area contributed by atoms with Crippen molar-refractivity contribution in [2.75, 3.05) is 37.7 Å². The molecular weight excluding hydrogens is 745 g/mol. The van der Waals surface area contributed by atoms with Gasteiger partial charge in [0.25, 0.3) is 43.9 Å². The molecule has 20 heteroatoms. The Morgan fingerprint density at radius 3 is 0.796 bits per heavy atom. The molecule has 4 aromatic carbocycles. The highest BCUT2D eigenvalue weighted by Crippen LogP contribution is 2.21. The van der Waals surface area contributed by atoms with Gasteiger partial charge in [0, 0.05) is 48.4 Å². The summed E-state index contributed by atoms with van der Waals surface area (Å²) in [7, 11) is -8.36. The molecule has 54 heavy (non-hydrogen) atoms. The van der Waals surface area contributed by atoms with Crippen LogP contribution < -0.4 is 21.3 Å². The van der Waals surface area contributed by atoms with Crippen LogP contribution in [0.3, 0.4) is 0 Å².